The molecule has 5 rings (SSSR count). The fourth-order valence-electron chi connectivity index (χ4n) is 4.26. The Kier molecular flexibility index (Phi) is 6.38. The third-order valence-corrected chi connectivity index (χ3v) is 6.31. The first kappa shape index (κ1) is 23.2. The molecule has 5 aromatic rings. The van der Waals surface area contributed by atoms with Crippen LogP contribution in [0.3, 0.4) is 0 Å². The van der Waals surface area contributed by atoms with Crippen molar-refractivity contribution >= 4 is 23.2 Å². The summed E-state index contributed by atoms with van der Waals surface area (Å²) in [5.41, 5.74) is 2.37. The number of halogens is 5. The second-order valence-electron chi connectivity index (χ2n) is 8.02. The third-order valence-electron chi connectivity index (χ3n) is 5.82. The van der Waals surface area contributed by atoms with Gasteiger partial charge in [-0.25, -0.2) is 13.2 Å². The van der Waals surface area contributed by atoms with Gasteiger partial charge in [-0.05, 0) is 58.7 Å². The van der Waals surface area contributed by atoms with Gasteiger partial charge in [0.1, 0.15) is 17.5 Å². The Hall–Kier alpha value is -3.53. The van der Waals surface area contributed by atoms with Gasteiger partial charge in [-0.1, -0.05) is 89.9 Å². The zero-order chi connectivity index (χ0) is 24.5. The highest BCUT2D eigenvalue weighted by Gasteiger charge is 2.28. The second kappa shape index (κ2) is 9.61. The average molecular weight is 505 g/mol. The SMILES string of the molecule is Fc1ccc(-c2c(-c3ccccc3)c(F)c(-c3cccc(Cl)c3)c(F)c2-c2ccc(Cl)cc2)cc1. The molecule has 0 aliphatic carbocycles. The first-order valence-electron chi connectivity index (χ1n) is 10.8. The molecule has 0 amide bonds. The minimum Gasteiger partial charge on any atom is -0.207 e. The first-order valence-corrected chi connectivity index (χ1v) is 11.6. The van der Waals surface area contributed by atoms with Gasteiger partial charge < -0.3 is 0 Å². The molecule has 0 heterocycles. The molecule has 0 bridgehead atoms. The van der Waals surface area contributed by atoms with Crippen LogP contribution < -0.4 is 0 Å². The molecule has 0 N–H and O–H groups in total. The van der Waals surface area contributed by atoms with E-state index in [0.717, 1.165) is 0 Å². The Morgan fingerprint density at radius 3 is 1.51 bits per heavy atom. The number of hydrogen-bond acceptors (Lipinski definition) is 0. The monoisotopic (exact) mass is 504 g/mol. The lowest BCUT2D eigenvalue weighted by Crippen LogP contribution is -2.02. The summed E-state index contributed by atoms with van der Waals surface area (Å²) in [6.07, 6.45) is 0. The molecule has 0 nitrogen and oxygen atoms in total. The van der Waals surface area contributed by atoms with Gasteiger partial charge in [-0.2, -0.15) is 0 Å². The maximum absolute atomic E-state index is 16.5. The molecular weight excluding hydrogens is 488 g/mol. The fourth-order valence-corrected chi connectivity index (χ4v) is 4.57. The van der Waals surface area contributed by atoms with Crippen LogP contribution in [0.4, 0.5) is 13.2 Å². The molecule has 5 aromatic carbocycles. The van der Waals surface area contributed by atoms with Gasteiger partial charge in [-0.15, -0.1) is 0 Å². The van der Waals surface area contributed by atoms with Crippen molar-refractivity contribution in [2.45, 2.75) is 0 Å². The van der Waals surface area contributed by atoms with Gasteiger partial charge in [0.15, 0.2) is 0 Å². The van der Waals surface area contributed by atoms with Crippen molar-refractivity contribution in [2.24, 2.45) is 0 Å². The number of rotatable bonds is 4. The van der Waals surface area contributed by atoms with E-state index >= 15 is 8.78 Å². The summed E-state index contributed by atoms with van der Waals surface area (Å²) in [6, 6.07) is 27.6. The Morgan fingerprint density at radius 2 is 0.914 bits per heavy atom. The van der Waals surface area contributed by atoms with E-state index in [1.165, 1.54) is 30.3 Å². The van der Waals surface area contributed by atoms with E-state index in [4.69, 9.17) is 23.2 Å². The van der Waals surface area contributed by atoms with Crippen molar-refractivity contribution in [3.8, 4) is 44.5 Å². The smallest absolute Gasteiger partial charge is 0.142 e. The van der Waals surface area contributed by atoms with Crippen LogP contribution >= 0.6 is 23.2 Å². The van der Waals surface area contributed by atoms with Gasteiger partial charge in [-0.3, -0.25) is 0 Å². The van der Waals surface area contributed by atoms with Crippen molar-refractivity contribution in [3.05, 3.63) is 131 Å². The molecule has 0 aliphatic heterocycles. The zero-order valence-electron chi connectivity index (χ0n) is 18.2. The van der Waals surface area contributed by atoms with E-state index in [9.17, 15) is 4.39 Å². The molecule has 0 radical (unpaired) electrons. The predicted octanol–water partition coefficient (Wildman–Crippen LogP) is 10.1. The number of hydrogen-bond donors (Lipinski definition) is 0. The standard InChI is InChI=1S/C30H17Cl2F3/c31-22-13-9-20(10-14-22)27-25(19-11-15-24(33)16-12-19)26(18-5-2-1-3-6-18)29(34)28(30(27)35)21-7-4-8-23(32)17-21/h1-17H. The Morgan fingerprint density at radius 1 is 0.400 bits per heavy atom. The molecule has 0 spiro atoms. The van der Waals surface area contributed by atoms with E-state index in [1.54, 1.807) is 66.7 Å². The van der Waals surface area contributed by atoms with E-state index < -0.39 is 17.5 Å². The third kappa shape index (κ3) is 4.45. The first-order chi connectivity index (χ1) is 16.9. The molecule has 5 heteroatoms. The second-order valence-corrected chi connectivity index (χ2v) is 8.89. The molecular formula is C30H17Cl2F3. The van der Waals surface area contributed by atoms with Gasteiger partial charge >= 0.3 is 0 Å². The molecule has 0 atom stereocenters. The lowest BCUT2D eigenvalue weighted by atomic mass is 9.83. The highest BCUT2D eigenvalue weighted by molar-refractivity contribution is 6.31. The Bertz CT molecular complexity index is 1510. The van der Waals surface area contributed by atoms with Gasteiger partial charge in [0.25, 0.3) is 0 Å². The van der Waals surface area contributed by atoms with Crippen molar-refractivity contribution in [1.82, 2.24) is 0 Å². The van der Waals surface area contributed by atoms with Crippen LogP contribution in [0.25, 0.3) is 44.5 Å². The largest absolute Gasteiger partial charge is 0.207 e. The summed E-state index contributed by atoms with van der Waals surface area (Å²) in [6.45, 7) is 0. The van der Waals surface area contributed by atoms with Crippen LogP contribution in [0.1, 0.15) is 0 Å². The highest BCUT2D eigenvalue weighted by atomic mass is 35.5. The molecule has 172 valence electrons. The average Bonchev–Trinajstić information content (AvgIpc) is 2.86. The minimum absolute atomic E-state index is 0.184. The summed E-state index contributed by atoms with van der Waals surface area (Å²) in [4.78, 5) is 0. The van der Waals surface area contributed by atoms with Gasteiger partial charge in [0.05, 0.1) is 5.56 Å². The van der Waals surface area contributed by atoms with Crippen LogP contribution in [-0.4, -0.2) is 0 Å². The van der Waals surface area contributed by atoms with Crippen LogP contribution in [0, 0.1) is 17.5 Å². The summed E-state index contributed by atoms with van der Waals surface area (Å²) in [5.74, 6) is -1.92. The summed E-state index contributed by atoms with van der Waals surface area (Å²) >= 11 is 12.3. The van der Waals surface area contributed by atoms with Crippen molar-refractivity contribution in [1.29, 1.82) is 0 Å². The molecule has 0 aliphatic rings. The Labute approximate surface area is 211 Å². The van der Waals surface area contributed by atoms with E-state index in [0.29, 0.717) is 37.9 Å². The fraction of sp³-hybridized carbons (Fsp3) is 0. The van der Waals surface area contributed by atoms with Crippen LogP contribution in [0.5, 0.6) is 0 Å². The van der Waals surface area contributed by atoms with Crippen molar-refractivity contribution < 1.29 is 13.2 Å². The normalized spacial score (nSPS) is 11.0. The van der Waals surface area contributed by atoms with Crippen molar-refractivity contribution in [2.75, 3.05) is 0 Å². The summed E-state index contributed by atoms with van der Waals surface area (Å²) in [7, 11) is 0. The topological polar surface area (TPSA) is 0 Å². The maximum atomic E-state index is 16.5. The quantitative estimate of drug-likeness (QED) is 0.228. The molecule has 0 saturated carbocycles. The molecule has 35 heavy (non-hydrogen) atoms. The summed E-state index contributed by atoms with van der Waals surface area (Å²) in [5, 5.41) is 0.844. The van der Waals surface area contributed by atoms with Crippen LogP contribution in [-0.2, 0) is 0 Å². The van der Waals surface area contributed by atoms with E-state index in [2.05, 4.69) is 0 Å². The number of benzene rings is 5. The lowest BCUT2D eigenvalue weighted by molar-refractivity contribution is 0.595. The molecule has 0 aromatic heterocycles. The van der Waals surface area contributed by atoms with Gasteiger partial charge in [0.2, 0.25) is 0 Å². The minimum atomic E-state index is -0.744. The molecule has 0 unspecified atom stereocenters. The maximum Gasteiger partial charge on any atom is 0.142 e. The molecule has 0 saturated heterocycles. The summed E-state index contributed by atoms with van der Waals surface area (Å²) < 4.78 is 46.7. The van der Waals surface area contributed by atoms with E-state index in [1.807, 2.05) is 6.07 Å². The van der Waals surface area contributed by atoms with E-state index in [-0.39, 0.29) is 16.7 Å². The van der Waals surface area contributed by atoms with Crippen LogP contribution in [0.15, 0.2) is 103 Å². The highest BCUT2D eigenvalue weighted by Crippen LogP contribution is 2.47. The lowest BCUT2D eigenvalue weighted by Gasteiger charge is -2.22. The molecule has 0 fully saturated rings. The van der Waals surface area contributed by atoms with Crippen molar-refractivity contribution in [3.63, 3.8) is 0 Å². The van der Waals surface area contributed by atoms with Crippen LogP contribution in [0.2, 0.25) is 10.0 Å². The van der Waals surface area contributed by atoms with Gasteiger partial charge in [0, 0.05) is 26.7 Å². The predicted molar refractivity (Wildman–Crippen MR) is 138 cm³/mol. The Balaban J connectivity index is 1.98. The zero-order valence-corrected chi connectivity index (χ0v) is 19.7.